The summed E-state index contributed by atoms with van der Waals surface area (Å²) in [6.07, 6.45) is 5.59. The van der Waals surface area contributed by atoms with E-state index in [1.807, 2.05) is 11.3 Å². The molecular weight excluding hydrogens is 218 g/mol. The third kappa shape index (κ3) is 2.17. The molecule has 0 bridgehead atoms. The van der Waals surface area contributed by atoms with Gasteiger partial charge in [0.2, 0.25) is 0 Å². The van der Waals surface area contributed by atoms with Crippen LogP contribution in [0.5, 0.6) is 0 Å². The Morgan fingerprint density at radius 3 is 3.06 bits per heavy atom. The number of ether oxygens (including phenoxy) is 1. The molecule has 0 amide bonds. The van der Waals surface area contributed by atoms with Gasteiger partial charge in [0.15, 0.2) is 0 Å². The average Bonchev–Trinajstić information content (AvgIpc) is 2.80. The third-order valence-electron chi connectivity index (χ3n) is 3.65. The van der Waals surface area contributed by atoms with Crippen LogP contribution in [0.15, 0.2) is 11.4 Å². The average molecular weight is 237 g/mol. The Hall–Kier alpha value is -0.380. The van der Waals surface area contributed by atoms with Crippen LogP contribution >= 0.6 is 11.3 Å². The highest BCUT2D eigenvalue weighted by atomic mass is 32.1. The molecule has 0 radical (unpaired) electrons. The molecule has 1 unspecified atom stereocenters. The van der Waals surface area contributed by atoms with E-state index in [1.54, 1.807) is 4.88 Å². The quantitative estimate of drug-likeness (QED) is 0.784. The minimum Gasteiger partial charge on any atom is -0.372 e. The van der Waals surface area contributed by atoms with Crippen LogP contribution in [0.4, 0.5) is 0 Å². The standard InChI is InChI=1S/C13H19NOS/c1-2-6-14(7-3-1)10-12-11-5-9-16-13(11)4-8-15-12/h5,9,12H,1-4,6-8,10H2. The fraction of sp³-hybridized carbons (Fsp3) is 0.692. The van der Waals surface area contributed by atoms with Gasteiger partial charge in [0.05, 0.1) is 12.7 Å². The maximum Gasteiger partial charge on any atom is 0.0962 e. The number of hydrogen-bond acceptors (Lipinski definition) is 3. The Morgan fingerprint density at radius 1 is 1.31 bits per heavy atom. The van der Waals surface area contributed by atoms with E-state index in [1.165, 1.54) is 37.9 Å². The molecule has 0 spiro atoms. The number of likely N-dealkylation sites (tertiary alicyclic amines) is 1. The van der Waals surface area contributed by atoms with Crippen molar-refractivity contribution < 1.29 is 4.74 Å². The molecule has 2 aliphatic heterocycles. The second-order valence-electron chi connectivity index (χ2n) is 4.77. The van der Waals surface area contributed by atoms with Crippen molar-refractivity contribution in [3.05, 3.63) is 21.9 Å². The van der Waals surface area contributed by atoms with Crippen LogP contribution in [0.25, 0.3) is 0 Å². The van der Waals surface area contributed by atoms with Gasteiger partial charge in [0.25, 0.3) is 0 Å². The first-order valence-corrected chi connectivity index (χ1v) is 7.22. The second kappa shape index (κ2) is 4.86. The van der Waals surface area contributed by atoms with Gasteiger partial charge in [-0.1, -0.05) is 6.42 Å². The summed E-state index contributed by atoms with van der Waals surface area (Å²) >= 11 is 1.89. The highest BCUT2D eigenvalue weighted by Gasteiger charge is 2.24. The highest BCUT2D eigenvalue weighted by molar-refractivity contribution is 7.10. The summed E-state index contributed by atoms with van der Waals surface area (Å²) in [6, 6.07) is 2.26. The molecule has 0 saturated carbocycles. The Labute approximate surface area is 101 Å². The SMILES string of the molecule is c1cc2c(s1)CCOC2CN1CCCCC1. The van der Waals surface area contributed by atoms with Gasteiger partial charge in [0, 0.05) is 17.8 Å². The fourth-order valence-electron chi connectivity index (χ4n) is 2.75. The third-order valence-corrected chi connectivity index (χ3v) is 4.64. The number of hydrogen-bond donors (Lipinski definition) is 0. The van der Waals surface area contributed by atoms with Gasteiger partial charge in [-0.25, -0.2) is 0 Å². The molecule has 0 aromatic carbocycles. The number of nitrogens with zero attached hydrogens (tertiary/aromatic N) is 1. The Balaban J connectivity index is 1.67. The molecular formula is C13H19NOS. The first-order valence-electron chi connectivity index (χ1n) is 6.34. The summed E-state index contributed by atoms with van der Waals surface area (Å²) in [4.78, 5) is 4.12. The van der Waals surface area contributed by atoms with Gasteiger partial charge < -0.3 is 9.64 Å². The summed E-state index contributed by atoms with van der Waals surface area (Å²) in [6.45, 7) is 4.54. The molecule has 88 valence electrons. The minimum atomic E-state index is 0.341. The van der Waals surface area contributed by atoms with Crippen molar-refractivity contribution in [3.8, 4) is 0 Å². The van der Waals surface area contributed by atoms with E-state index in [2.05, 4.69) is 16.3 Å². The predicted octanol–water partition coefficient (Wildman–Crippen LogP) is 2.85. The molecule has 1 aromatic rings. The van der Waals surface area contributed by atoms with E-state index in [0.29, 0.717) is 6.10 Å². The van der Waals surface area contributed by atoms with Crippen molar-refractivity contribution in [2.75, 3.05) is 26.2 Å². The van der Waals surface area contributed by atoms with E-state index in [9.17, 15) is 0 Å². The van der Waals surface area contributed by atoms with Crippen molar-refractivity contribution in [3.63, 3.8) is 0 Å². The summed E-state index contributed by atoms with van der Waals surface area (Å²) in [5.41, 5.74) is 1.46. The van der Waals surface area contributed by atoms with Gasteiger partial charge in [0.1, 0.15) is 0 Å². The lowest BCUT2D eigenvalue weighted by molar-refractivity contribution is 0.0132. The Kier molecular flexibility index (Phi) is 3.27. The zero-order chi connectivity index (χ0) is 10.8. The zero-order valence-corrected chi connectivity index (χ0v) is 10.5. The predicted molar refractivity (Wildman–Crippen MR) is 67.0 cm³/mol. The largest absolute Gasteiger partial charge is 0.372 e. The lowest BCUT2D eigenvalue weighted by Crippen LogP contribution is -2.35. The zero-order valence-electron chi connectivity index (χ0n) is 9.65. The summed E-state index contributed by atoms with van der Waals surface area (Å²) in [7, 11) is 0. The van der Waals surface area contributed by atoms with E-state index >= 15 is 0 Å². The van der Waals surface area contributed by atoms with Crippen molar-refractivity contribution in [2.45, 2.75) is 31.8 Å². The molecule has 2 aliphatic rings. The van der Waals surface area contributed by atoms with Crippen LogP contribution in [0, 0.1) is 0 Å². The molecule has 2 nitrogen and oxygen atoms in total. The topological polar surface area (TPSA) is 12.5 Å². The van der Waals surface area contributed by atoms with Crippen LogP contribution < -0.4 is 0 Å². The molecule has 0 aliphatic carbocycles. The van der Waals surface area contributed by atoms with Gasteiger partial charge in [-0.3, -0.25) is 0 Å². The van der Waals surface area contributed by atoms with Crippen molar-refractivity contribution >= 4 is 11.3 Å². The van der Waals surface area contributed by atoms with E-state index < -0.39 is 0 Å². The van der Waals surface area contributed by atoms with E-state index in [0.717, 1.165) is 19.6 Å². The van der Waals surface area contributed by atoms with Crippen LogP contribution in [0.3, 0.4) is 0 Å². The molecule has 1 fully saturated rings. The molecule has 3 heterocycles. The molecule has 3 rings (SSSR count). The van der Waals surface area contributed by atoms with Gasteiger partial charge in [-0.15, -0.1) is 11.3 Å². The number of piperidine rings is 1. The first-order chi connectivity index (χ1) is 7.93. The summed E-state index contributed by atoms with van der Waals surface area (Å²) in [5.74, 6) is 0. The normalized spacial score (nSPS) is 26.6. The van der Waals surface area contributed by atoms with Crippen LogP contribution in [-0.4, -0.2) is 31.1 Å². The highest BCUT2D eigenvalue weighted by Crippen LogP contribution is 2.31. The molecule has 16 heavy (non-hydrogen) atoms. The van der Waals surface area contributed by atoms with Crippen LogP contribution in [0.2, 0.25) is 0 Å². The first kappa shape index (κ1) is 10.8. The molecule has 1 atom stereocenters. The maximum absolute atomic E-state index is 5.93. The van der Waals surface area contributed by atoms with E-state index in [4.69, 9.17) is 4.74 Å². The molecule has 3 heteroatoms. The number of rotatable bonds is 2. The summed E-state index contributed by atoms with van der Waals surface area (Å²) in [5, 5.41) is 2.21. The molecule has 1 saturated heterocycles. The smallest absolute Gasteiger partial charge is 0.0962 e. The van der Waals surface area contributed by atoms with E-state index in [-0.39, 0.29) is 0 Å². The maximum atomic E-state index is 5.93. The second-order valence-corrected chi connectivity index (χ2v) is 5.77. The van der Waals surface area contributed by atoms with Crippen molar-refractivity contribution in [2.24, 2.45) is 0 Å². The van der Waals surface area contributed by atoms with Crippen LogP contribution in [0.1, 0.15) is 35.8 Å². The van der Waals surface area contributed by atoms with Gasteiger partial charge in [-0.2, -0.15) is 0 Å². The molecule has 1 aromatic heterocycles. The lowest BCUT2D eigenvalue weighted by Gasteiger charge is -2.32. The van der Waals surface area contributed by atoms with Crippen LogP contribution in [-0.2, 0) is 11.2 Å². The van der Waals surface area contributed by atoms with Gasteiger partial charge in [-0.05, 0) is 42.9 Å². The summed E-state index contributed by atoms with van der Waals surface area (Å²) < 4.78 is 5.93. The Bertz CT molecular complexity index is 343. The monoisotopic (exact) mass is 237 g/mol. The Morgan fingerprint density at radius 2 is 2.19 bits per heavy atom. The minimum absolute atomic E-state index is 0.341. The molecule has 0 N–H and O–H groups in total. The van der Waals surface area contributed by atoms with Crippen molar-refractivity contribution in [1.82, 2.24) is 4.90 Å². The fourth-order valence-corrected chi connectivity index (χ4v) is 3.67. The van der Waals surface area contributed by atoms with Gasteiger partial charge >= 0.3 is 0 Å². The number of fused-ring (bicyclic) bond motifs is 1. The lowest BCUT2D eigenvalue weighted by atomic mass is 10.0. The van der Waals surface area contributed by atoms with Crippen molar-refractivity contribution in [1.29, 1.82) is 0 Å². The number of thiophene rings is 1.